The third-order valence-electron chi connectivity index (χ3n) is 5.47. The lowest BCUT2D eigenvalue weighted by Gasteiger charge is -2.09. The number of nitrogens with one attached hydrogen (secondary N) is 1. The smallest absolute Gasteiger partial charge is 0.311 e. The predicted molar refractivity (Wildman–Crippen MR) is 123 cm³/mol. The molecule has 0 spiro atoms. The molecule has 0 amide bonds. The number of tetrazole rings is 1. The molecule has 0 unspecified atom stereocenters. The minimum Gasteiger partial charge on any atom is -0.481 e. The number of aliphatic carboxylic acids is 1. The molecule has 0 atom stereocenters. The van der Waals surface area contributed by atoms with E-state index in [1.165, 1.54) is 12.8 Å². The quantitative estimate of drug-likeness (QED) is 0.335. The number of hydrogen-bond donors (Lipinski definition) is 2. The van der Waals surface area contributed by atoms with Gasteiger partial charge in [-0.3, -0.25) is 4.79 Å². The molecule has 0 fully saturated rings. The zero-order chi connectivity index (χ0) is 23.0. The minimum absolute atomic E-state index is 0.166. The number of aromatic nitrogens is 7. The number of carboxylic acid groups (broad SMARTS) is 1. The first-order valence-electron chi connectivity index (χ1n) is 11.2. The molecule has 9 nitrogen and oxygen atoms in total. The lowest BCUT2D eigenvalue weighted by Crippen LogP contribution is -2.08. The summed E-state index contributed by atoms with van der Waals surface area (Å²) in [5.74, 6) is 0.831. The van der Waals surface area contributed by atoms with Crippen molar-refractivity contribution in [3.05, 3.63) is 65.7 Å². The molecule has 0 aliphatic carbocycles. The molecule has 0 aliphatic heterocycles. The van der Waals surface area contributed by atoms with Crippen molar-refractivity contribution in [2.75, 3.05) is 0 Å². The number of carboxylic acids is 1. The Bertz CT molecular complexity index is 1180. The lowest BCUT2D eigenvalue weighted by molar-refractivity contribution is -0.136. The summed E-state index contributed by atoms with van der Waals surface area (Å²) in [4.78, 5) is 15.6. The van der Waals surface area contributed by atoms with E-state index >= 15 is 0 Å². The Kier molecular flexibility index (Phi) is 7.19. The highest BCUT2D eigenvalue weighted by Gasteiger charge is 2.14. The first-order valence-corrected chi connectivity index (χ1v) is 11.2. The van der Waals surface area contributed by atoms with E-state index in [1.807, 2.05) is 28.9 Å². The van der Waals surface area contributed by atoms with Crippen molar-refractivity contribution < 1.29 is 9.90 Å². The third-order valence-corrected chi connectivity index (χ3v) is 5.47. The van der Waals surface area contributed by atoms with Gasteiger partial charge in [-0.2, -0.15) is 10.3 Å². The fraction of sp³-hybridized carbons (Fsp3) is 0.333. The predicted octanol–water partition coefficient (Wildman–Crippen LogP) is 3.92. The minimum atomic E-state index is -0.922. The van der Waals surface area contributed by atoms with Gasteiger partial charge in [0.1, 0.15) is 12.2 Å². The summed E-state index contributed by atoms with van der Waals surface area (Å²) in [6, 6.07) is 16.2. The SMILES string of the molecule is CCCCCCc1nc(CC(=O)O)nn1Cc1ccc(-c2ccccc2-c2nn[nH]n2)cc1. The Hall–Kier alpha value is -3.88. The van der Waals surface area contributed by atoms with E-state index < -0.39 is 5.97 Å². The molecule has 2 aromatic heterocycles. The Morgan fingerprint density at radius 2 is 1.82 bits per heavy atom. The summed E-state index contributed by atoms with van der Waals surface area (Å²) < 4.78 is 1.84. The number of benzene rings is 2. The van der Waals surface area contributed by atoms with Crippen LogP contribution in [-0.4, -0.2) is 46.5 Å². The highest BCUT2D eigenvalue weighted by atomic mass is 16.4. The zero-order valence-corrected chi connectivity index (χ0v) is 18.6. The summed E-state index contributed by atoms with van der Waals surface area (Å²) in [6.45, 7) is 2.72. The number of unbranched alkanes of at least 4 members (excludes halogenated alkanes) is 3. The van der Waals surface area contributed by atoms with Crippen molar-refractivity contribution in [3.63, 3.8) is 0 Å². The fourth-order valence-electron chi connectivity index (χ4n) is 3.83. The zero-order valence-electron chi connectivity index (χ0n) is 18.6. The van der Waals surface area contributed by atoms with Crippen LogP contribution in [0.25, 0.3) is 22.5 Å². The molecular weight excluding hydrogens is 418 g/mol. The fourth-order valence-corrected chi connectivity index (χ4v) is 3.83. The Balaban J connectivity index is 1.53. The summed E-state index contributed by atoms with van der Waals surface area (Å²) in [5.41, 5.74) is 4.04. The summed E-state index contributed by atoms with van der Waals surface area (Å²) in [7, 11) is 0. The number of rotatable bonds is 11. The van der Waals surface area contributed by atoms with E-state index in [1.54, 1.807) is 0 Å². The van der Waals surface area contributed by atoms with Crippen LogP contribution in [-0.2, 0) is 24.2 Å². The van der Waals surface area contributed by atoms with Crippen LogP contribution < -0.4 is 0 Å². The number of hydrogen-bond acceptors (Lipinski definition) is 6. The van der Waals surface area contributed by atoms with E-state index in [2.05, 4.69) is 61.9 Å². The van der Waals surface area contributed by atoms with Gasteiger partial charge in [0.2, 0.25) is 5.82 Å². The second-order valence-electron chi connectivity index (χ2n) is 7.96. The number of aryl methyl sites for hydroxylation is 1. The number of carbonyl (C=O) groups is 1. The van der Waals surface area contributed by atoms with Gasteiger partial charge >= 0.3 is 5.97 Å². The molecule has 0 saturated carbocycles. The van der Waals surface area contributed by atoms with Crippen molar-refractivity contribution in [2.24, 2.45) is 0 Å². The Labute approximate surface area is 191 Å². The Morgan fingerprint density at radius 1 is 1.03 bits per heavy atom. The van der Waals surface area contributed by atoms with Crippen LogP contribution in [0.1, 0.15) is 49.8 Å². The number of H-pyrrole nitrogens is 1. The molecule has 2 heterocycles. The second kappa shape index (κ2) is 10.6. The monoisotopic (exact) mass is 445 g/mol. The largest absolute Gasteiger partial charge is 0.481 e. The van der Waals surface area contributed by atoms with Gasteiger partial charge in [-0.25, -0.2) is 9.67 Å². The van der Waals surface area contributed by atoms with Gasteiger partial charge in [-0.1, -0.05) is 74.7 Å². The molecule has 0 aliphatic rings. The van der Waals surface area contributed by atoms with Gasteiger partial charge in [0.25, 0.3) is 0 Å². The van der Waals surface area contributed by atoms with E-state index in [4.69, 9.17) is 5.11 Å². The molecule has 170 valence electrons. The van der Waals surface area contributed by atoms with Crippen LogP contribution in [0, 0.1) is 0 Å². The van der Waals surface area contributed by atoms with Gasteiger partial charge in [0.15, 0.2) is 5.82 Å². The standard InChI is InChI=1S/C24H27N7O2/c1-2-3-4-5-10-22-25-21(15-23(32)33)28-31(22)16-17-11-13-18(14-12-17)19-8-6-7-9-20(19)24-26-29-30-27-24/h6-9,11-14H,2-5,10,15-16H2,1H3,(H,32,33)(H,26,27,29,30). The summed E-state index contributed by atoms with van der Waals surface area (Å²) >= 11 is 0. The molecular formula is C24H27N7O2. The van der Waals surface area contributed by atoms with Crippen molar-refractivity contribution in [1.29, 1.82) is 0 Å². The summed E-state index contributed by atoms with van der Waals surface area (Å²) in [5, 5.41) is 28.0. The lowest BCUT2D eigenvalue weighted by atomic mass is 9.98. The Morgan fingerprint density at radius 3 is 2.52 bits per heavy atom. The van der Waals surface area contributed by atoms with Crippen LogP contribution in [0.3, 0.4) is 0 Å². The highest BCUT2D eigenvalue weighted by Crippen LogP contribution is 2.29. The van der Waals surface area contributed by atoms with Crippen LogP contribution in [0.2, 0.25) is 0 Å². The second-order valence-corrected chi connectivity index (χ2v) is 7.96. The summed E-state index contributed by atoms with van der Waals surface area (Å²) in [6.07, 6.45) is 5.13. The van der Waals surface area contributed by atoms with Gasteiger partial charge in [-0.05, 0) is 28.3 Å². The molecule has 4 aromatic rings. The molecule has 2 aromatic carbocycles. The first-order chi connectivity index (χ1) is 16.1. The molecule has 4 rings (SSSR count). The maximum atomic E-state index is 11.1. The van der Waals surface area contributed by atoms with Crippen molar-refractivity contribution in [3.8, 4) is 22.5 Å². The van der Waals surface area contributed by atoms with Crippen LogP contribution in [0.4, 0.5) is 0 Å². The molecule has 2 N–H and O–H groups in total. The van der Waals surface area contributed by atoms with Gasteiger partial charge in [0.05, 0.1) is 6.54 Å². The van der Waals surface area contributed by atoms with Crippen LogP contribution in [0.5, 0.6) is 0 Å². The molecule has 33 heavy (non-hydrogen) atoms. The van der Waals surface area contributed by atoms with Crippen molar-refractivity contribution in [2.45, 2.75) is 52.0 Å². The van der Waals surface area contributed by atoms with Gasteiger partial charge in [-0.15, -0.1) is 10.2 Å². The average Bonchev–Trinajstić information content (AvgIpc) is 3.47. The van der Waals surface area contributed by atoms with E-state index in [9.17, 15) is 4.79 Å². The molecule has 9 heteroatoms. The molecule has 0 radical (unpaired) electrons. The third kappa shape index (κ3) is 5.68. The van der Waals surface area contributed by atoms with E-state index in [-0.39, 0.29) is 6.42 Å². The molecule has 0 saturated heterocycles. The van der Waals surface area contributed by atoms with Crippen molar-refractivity contribution in [1.82, 2.24) is 35.4 Å². The van der Waals surface area contributed by atoms with Gasteiger partial charge < -0.3 is 5.11 Å². The maximum Gasteiger partial charge on any atom is 0.311 e. The van der Waals surface area contributed by atoms with Crippen LogP contribution >= 0.6 is 0 Å². The maximum absolute atomic E-state index is 11.1. The van der Waals surface area contributed by atoms with Gasteiger partial charge in [0, 0.05) is 12.0 Å². The molecule has 0 bridgehead atoms. The number of nitrogens with zero attached hydrogens (tertiary/aromatic N) is 6. The highest BCUT2D eigenvalue weighted by molar-refractivity contribution is 5.80. The topological polar surface area (TPSA) is 122 Å². The van der Waals surface area contributed by atoms with E-state index in [0.717, 1.165) is 47.3 Å². The first kappa shape index (κ1) is 22.3. The van der Waals surface area contributed by atoms with Crippen molar-refractivity contribution >= 4 is 5.97 Å². The van der Waals surface area contributed by atoms with Crippen LogP contribution in [0.15, 0.2) is 48.5 Å². The van der Waals surface area contributed by atoms with E-state index in [0.29, 0.717) is 18.2 Å². The average molecular weight is 446 g/mol. The normalized spacial score (nSPS) is 11.1. The number of aromatic amines is 1.